The number of hydrogen-bond acceptors (Lipinski definition) is 8. The minimum Gasteiger partial charge on any atom is -0.381 e. The van der Waals surface area contributed by atoms with Crippen LogP contribution in [-0.4, -0.2) is 43.7 Å². The van der Waals surface area contributed by atoms with E-state index < -0.39 is 0 Å². The summed E-state index contributed by atoms with van der Waals surface area (Å²) in [7, 11) is 0. The standard InChI is InChI=1S/C13H9N7OS.C5H10O/c14-13-16-5-9-10(19-13)7(6-22-9)12(21)18-8-4-17-20-3-1-2-15-11(8)20;1-2-4-6-5-3-1/h1-6H,(H,18,21)(H2,14,16,19);1-5H2. The van der Waals surface area contributed by atoms with Gasteiger partial charge in [0.15, 0.2) is 5.65 Å². The Balaban J connectivity index is 0.000000275. The van der Waals surface area contributed by atoms with Crippen LogP contribution in [0.15, 0.2) is 36.2 Å². The van der Waals surface area contributed by atoms with Crippen LogP contribution in [0.3, 0.4) is 0 Å². The number of amides is 1. The number of carbonyl (C=O) groups excluding carboxylic acids is 1. The summed E-state index contributed by atoms with van der Waals surface area (Å²) in [6.45, 7) is 2.00. The number of nitrogens with one attached hydrogen (secondary N) is 1. The minimum absolute atomic E-state index is 0.137. The lowest BCUT2D eigenvalue weighted by molar-refractivity contribution is 0.0968. The van der Waals surface area contributed by atoms with Gasteiger partial charge in [-0.3, -0.25) is 4.79 Å². The van der Waals surface area contributed by atoms with Crippen LogP contribution in [0.5, 0.6) is 0 Å². The number of aromatic nitrogens is 5. The summed E-state index contributed by atoms with van der Waals surface area (Å²) in [4.78, 5) is 24.7. The summed E-state index contributed by atoms with van der Waals surface area (Å²) in [6, 6.07) is 1.76. The van der Waals surface area contributed by atoms with Crippen molar-refractivity contribution in [2.45, 2.75) is 19.3 Å². The number of hydrogen-bond donors (Lipinski definition) is 2. The Morgan fingerprint density at radius 2 is 2.07 bits per heavy atom. The SMILES string of the molecule is C1CCOCC1.Nc1ncc2scc(C(=O)Nc3cnn4cccnc34)c2n1. The van der Waals surface area contributed by atoms with E-state index in [1.54, 1.807) is 40.7 Å². The van der Waals surface area contributed by atoms with Gasteiger partial charge in [0.1, 0.15) is 5.69 Å². The summed E-state index contributed by atoms with van der Waals surface area (Å²) >= 11 is 1.39. The second-order valence-electron chi connectivity index (χ2n) is 6.16. The van der Waals surface area contributed by atoms with E-state index in [2.05, 4.69) is 25.4 Å². The molecule has 1 aliphatic rings. The molecule has 0 radical (unpaired) electrons. The highest BCUT2D eigenvalue weighted by Crippen LogP contribution is 2.25. The second-order valence-corrected chi connectivity index (χ2v) is 7.07. The molecule has 0 saturated carbocycles. The molecule has 5 heterocycles. The van der Waals surface area contributed by atoms with Crippen LogP contribution in [0, 0.1) is 0 Å². The van der Waals surface area contributed by atoms with E-state index in [0.29, 0.717) is 22.4 Å². The van der Waals surface area contributed by atoms with Gasteiger partial charge in [-0.05, 0) is 25.3 Å². The van der Waals surface area contributed by atoms with Crippen molar-refractivity contribution in [2.75, 3.05) is 24.3 Å². The number of rotatable bonds is 2. The van der Waals surface area contributed by atoms with Crippen LogP contribution in [0.2, 0.25) is 0 Å². The molecular weight excluding hydrogens is 378 g/mol. The molecule has 4 aromatic heterocycles. The molecule has 1 fully saturated rings. The summed E-state index contributed by atoms with van der Waals surface area (Å²) in [5.41, 5.74) is 7.69. The number of nitrogens with zero attached hydrogens (tertiary/aromatic N) is 5. The van der Waals surface area contributed by atoms with Gasteiger partial charge in [0, 0.05) is 31.0 Å². The fraction of sp³-hybridized carbons (Fsp3) is 0.278. The molecule has 0 aliphatic carbocycles. The van der Waals surface area contributed by atoms with Gasteiger partial charge < -0.3 is 15.8 Å². The average molecular weight is 397 g/mol. The van der Waals surface area contributed by atoms with Crippen molar-refractivity contribution in [3.05, 3.63) is 41.8 Å². The number of carbonyl (C=O) groups is 1. The first-order valence-electron chi connectivity index (χ1n) is 8.89. The summed E-state index contributed by atoms with van der Waals surface area (Å²) in [5, 5.41) is 8.65. The van der Waals surface area contributed by atoms with Crippen molar-refractivity contribution in [3.63, 3.8) is 0 Å². The highest BCUT2D eigenvalue weighted by molar-refractivity contribution is 7.17. The minimum atomic E-state index is -0.287. The van der Waals surface area contributed by atoms with E-state index in [-0.39, 0.29) is 11.9 Å². The monoisotopic (exact) mass is 397 g/mol. The van der Waals surface area contributed by atoms with Gasteiger partial charge in [0.05, 0.1) is 28.2 Å². The zero-order chi connectivity index (χ0) is 19.3. The van der Waals surface area contributed by atoms with Crippen molar-refractivity contribution in [1.82, 2.24) is 24.6 Å². The largest absolute Gasteiger partial charge is 0.381 e. The first-order valence-corrected chi connectivity index (χ1v) is 9.77. The molecule has 1 saturated heterocycles. The molecule has 144 valence electrons. The maximum atomic E-state index is 12.5. The maximum Gasteiger partial charge on any atom is 0.258 e. The first kappa shape index (κ1) is 18.3. The predicted molar refractivity (Wildman–Crippen MR) is 107 cm³/mol. The lowest BCUT2D eigenvalue weighted by Crippen LogP contribution is -2.12. The van der Waals surface area contributed by atoms with Crippen LogP contribution in [0.25, 0.3) is 15.9 Å². The van der Waals surface area contributed by atoms with Crippen LogP contribution in [-0.2, 0) is 4.74 Å². The maximum absolute atomic E-state index is 12.5. The quantitative estimate of drug-likeness (QED) is 0.533. The third-order valence-corrected chi connectivity index (χ3v) is 5.09. The molecule has 3 N–H and O–H groups in total. The smallest absolute Gasteiger partial charge is 0.258 e. The normalized spacial score (nSPS) is 13.9. The zero-order valence-electron chi connectivity index (χ0n) is 15.0. The Bertz CT molecular complexity index is 1090. The van der Waals surface area contributed by atoms with E-state index in [1.807, 2.05) is 0 Å². The number of nitrogens with two attached hydrogens (primary N) is 1. The Morgan fingerprint density at radius 3 is 2.82 bits per heavy atom. The number of nitrogen functional groups attached to an aromatic ring is 1. The molecule has 28 heavy (non-hydrogen) atoms. The van der Waals surface area contributed by atoms with Crippen molar-refractivity contribution < 1.29 is 9.53 Å². The Hall–Kier alpha value is -3.11. The molecule has 4 aromatic rings. The molecule has 0 bridgehead atoms. The van der Waals surface area contributed by atoms with Crippen LogP contribution >= 0.6 is 11.3 Å². The van der Waals surface area contributed by atoms with Crippen molar-refractivity contribution >= 4 is 44.7 Å². The fourth-order valence-electron chi connectivity index (χ4n) is 2.80. The Morgan fingerprint density at radius 1 is 1.21 bits per heavy atom. The van der Waals surface area contributed by atoms with Crippen LogP contribution < -0.4 is 11.1 Å². The number of ether oxygens (including phenoxy) is 1. The highest BCUT2D eigenvalue weighted by atomic mass is 32.1. The molecule has 10 heteroatoms. The van der Waals surface area contributed by atoms with E-state index in [0.717, 1.165) is 17.9 Å². The number of anilines is 2. The van der Waals surface area contributed by atoms with E-state index in [9.17, 15) is 4.79 Å². The van der Waals surface area contributed by atoms with Gasteiger partial charge in [-0.1, -0.05) is 0 Å². The van der Waals surface area contributed by atoms with Crippen molar-refractivity contribution in [3.8, 4) is 0 Å². The Labute approximate surface area is 164 Å². The van der Waals surface area contributed by atoms with Crippen LogP contribution in [0.1, 0.15) is 29.6 Å². The van der Waals surface area contributed by atoms with E-state index in [1.165, 1.54) is 30.6 Å². The summed E-state index contributed by atoms with van der Waals surface area (Å²) < 4.78 is 7.46. The molecule has 0 aromatic carbocycles. The highest BCUT2D eigenvalue weighted by Gasteiger charge is 2.16. The van der Waals surface area contributed by atoms with E-state index >= 15 is 0 Å². The molecular formula is C18H19N7O2S. The van der Waals surface area contributed by atoms with Gasteiger partial charge in [0.2, 0.25) is 5.95 Å². The Kier molecular flexibility index (Phi) is 5.40. The molecule has 0 atom stereocenters. The number of thiophene rings is 1. The third-order valence-electron chi connectivity index (χ3n) is 4.18. The van der Waals surface area contributed by atoms with Gasteiger partial charge in [-0.25, -0.2) is 19.5 Å². The van der Waals surface area contributed by atoms with E-state index in [4.69, 9.17) is 10.5 Å². The lowest BCUT2D eigenvalue weighted by atomic mass is 10.2. The van der Waals surface area contributed by atoms with Gasteiger partial charge in [-0.15, -0.1) is 11.3 Å². The van der Waals surface area contributed by atoms with Crippen LogP contribution in [0.4, 0.5) is 11.6 Å². The molecule has 9 nitrogen and oxygen atoms in total. The predicted octanol–water partition coefficient (Wildman–Crippen LogP) is 2.76. The second kappa shape index (κ2) is 8.28. The summed E-state index contributed by atoms with van der Waals surface area (Å²) in [5.74, 6) is -0.150. The zero-order valence-corrected chi connectivity index (χ0v) is 15.9. The molecule has 0 unspecified atom stereocenters. The summed E-state index contributed by atoms with van der Waals surface area (Å²) in [6.07, 6.45) is 10.5. The van der Waals surface area contributed by atoms with Crippen molar-refractivity contribution in [2.24, 2.45) is 0 Å². The molecule has 1 amide bonds. The fourth-order valence-corrected chi connectivity index (χ4v) is 3.64. The first-order chi connectivity index (χ1) is 13.7. The van der Waals surface area contributed by atoms with Gasteiger partial charge >= 0.3 is 0 Å². The topological polar surface area (TPSA) is 120 Å². The third kappa shape index (κ3) is 3.92. The lowest BCUT2D eigenvalue weighted by Gasteiger charge is -2.08. The number of fused-ring (bicyclic) bond motifs is 2. The molecule has 5 rings (SSSR count). The average Bonchev–Trinajstić information content (AvgIpc) is 3.34. The molecule has 0 spiro atoms. The van der Waals surface area contributed by atoms with Gasteiger partial charge in [0.25, 0.3) is 5.91 Å². The molecule has 1 aliphatic heterocycles. The van der Waals surface area contributed by atoms with Gasteiger partial charge in [-0.2, -0.15) is 5.10 Å². The van der Waals surface area contributed by atoms with Crippen molar-refractivity contribution in [1.29, 1.82) is 0 Å².